The molecule has 0 aliphatic rings. The quantitative estimate of drug-likeness (QED) is 0.410. The molecular formula is C19H22ClN5O. The number of aromatic amines is 1. The molecule has 1 aromatic heterocycles. The zero-order valence-corrected chi connectivity index (χ0v) is 15.3. The molecule has 5 N–H and O–H groups in total. The number of nitrogens with zero attached hydrogens (tertiary/aromatic N) is 1. The average molecular weight is 372 g/mol. The highest BCUT2D eigenvalue weighted by Crippen LogP contribution is 2.23. The Morgan fingerprint density at radius 1 is 1.15 bits per heavy atom. The van der Waals surface area contributed by atoms with Crippen LogP contribution in [-0.4, -0.2) is 30.4 Å². The Bertz CT molecular complexity index is 905. The smallest absolute Gasteiger partial charge is 0.274 e. The van der Waals surface area contributed by atoms with Gasteiger partial charge in [-0.2, -0.15) is 0 Å². The summed E-state index contributed by atoms with van der Waals surface area (Å²) in [6.45, 7) is 0.805. The second-order valence-corrected chi connectivity index (χ2v) is 5.68. The summed E-state index contributed by atoms with van der Waals surface area (Å²) in [6.07, 6.45) is 0.925. The Morgan fingerprint density at radius 2 is 1.92 bits per heavy atom. The number of fused-ring (bicyclic) bond motifs is 1. The second kappa shape index (κ2) is 8.92. The van der Waals surface area contributed by atoms with E-state index in [4.69, 9.17) is 5.73 Å². The van der Waals surface area contributed by atoms with Gasteiger partial charge in [-0.25, -0.2) is 0 Å². The highest BCUT2D eigenvalue weighted by atomic mass is 35.5. The minimum Gasteiger partial charge on any atom is -0.383 e. The number of rotatable bonds is 5. The number of H-pyrrole nitrogens is 1. The van der Waals surface area contributed by atoms with Crippen molar-refractivity contribution in [1.82, 2.24) is 10.3 Å². The fraction of sp³-hybridized carbons (Fsp3) is 0.158. The van der Waals surface area contributed by atoms with Crippen molar-refractivity contribution in [2.45, 2.75) is 6.42 Å². The van der Waals surface area contributed by atoms with Crippen LogP contribution in [0.25, 0.3) is 10.9 Å². The minimum atomic E-state index is -0.311. The van der Waals surface area contributed by atoms with Crippen molar-refractivity contribution in [1.29, 1.82) is 0 Å². The molecule has 1 heterocycles. The molecule has 0 saturated carbocycles. The molecule has 6 nitrogen and oxygen atoms in total. The number of hydrogen-bond donors (Lipinski definition) is 4. The topological polar surface area (TPSA) is 95.3 Å². The first-order chi connectivity index (χ1) is 12.2. The van der Waals surface area contributed by atoms with E-state index in [0.29, 0.717) is 5.69 Å². The summed E-state index contributed by atoms with van der Waals surface area (Å²) in [7, 11) is 1.52. The summed E-state index contributed by atoms with van der Waals surface area (Å²) >= 11 is 0. The molecule has 1 amide bonds. The van der Waals surface area contributed by atoms with E-state index in [1.165, 1.54) is 12.6 Å². The van der Waals surface area contributed by atoms with Crippen molar-refractivity contribution < 1.29 is 4.79 Å². The van der Waals surface area contributed by atoms with Gasteiger partial charge in [0.05, 0.1) is 11.2 Å². The fourth-order valence-corrected chi connectivity index (χ4v) is 2.65. The Labute approximate surface area is 158 Å². The van der Waals surface area contributed by atoms with E-state index in [1.807, 2.05) is 36.4 Å². The van der Waals surface area contributed by atoms with Gasteiger partial charge in [0.2, 0.25) is 0 Å². The van der Waals surface area contributed by atoms with Crippen LogP contribution < -0.4 is 16.4 Å². The SMILES string of the molecule is CN=C(N)NC(=O)c1cc2cccc(NCCc3ccccc3)c2[nH]1.Cl. The lowest BCUT2D eigenvalue weighted by Gasteiger charge is -2.08. The highest BCUT2D eigenvalue weighted by molar-refractivity contribution is 6.07. The van der Waals surface area contributed by atoms with Crippen LogP contribution in [-0.2, 0) is 6.42 Å². The summed E-state index contributed by atoms with van der Waals surface area (Å²) in [5, 5.41) is 6.92. The third-order valence-electron chi connectivity index (χ3n) is 3.96. The van der Waals surface area contributed by atoms with Gasteiger partial charge < -0.3 is 16.0 Å². The number of halogens is 1. The summed E-state index contributed by atoms with van der Waals surface area (Å²) in [5.74, 6) is -0.223. The zero-order chi connectivity index (χ0) is 17.6. The molecule has 3 aromatic rings. The van der Waals surface area contributed by atoms with Crippen LogP contribution in [0.5, 0.6) is 0 Å². The van der Waals surface area contributed by atoms with E-state index >= 15 is 0 Å². The largest absolute Gasteiger partial charge is 0.383 e. The van der Waals surface area contributed by atoms with Gasteiger partial charge in [-0.1, -0.05) is 42.5 Å². The molecule has 7 heteroatoms. The molecule has 0 radical (unpaired) electrons. The van der Waals surface area contributed by atoms with Gasteiger partial charge in [0.25, 0.3) is 5.91 Å². The summed E-state index contributed by atoms with van der Waals surface area (Å²) in [5.41, 5.74) is 9.13. The van der Waals surface area contributed by atoms with Gasteiger partial charge >= 0.3 is 0 Å². The highest BCUT2D eigenvalue weighted by Gasteiger charge is 2.12. The summed E-state index contributed by atoms with van der Waals surface area (Å²) < 4.78 is 0. The second-order valence-electron chi connectivity index (χ2n) is 5.68. The summed E-state index contributed by atoms with van der Waals surface area (Å²) in [6, 6.07) is 18.0. The first-order valence-electron chi connectivity index (χ1n) is 8.10. The normalized spacial score (nSPS) is 11.0. The Balaban J connectivity index is 0.00000243. The van der Waals surface area contributed by atoms with Crippen LogP contribution in [0.1, 0.15) is 16.1 Å². The maximum Gasteiger partial charge on any atom is 0.274 e. The number of nitrogens with one attached hydrogen (secondary N) is 3. The standard InChI is InChI=1S/C19H21N5O.ClH/c1-21-19(20)24-18(25)16-12-14-8-5-9-15(17(14)23-16)22-11-10-13-6-3-2-4-7-13;/h2-9,12,22-23H,10-11H2,1H3,(H3,20,21,24,25);1H. The monoisotopic (exact) mass is 371 g/mol. The number of nitrogens with two attached hydrogens (primary N) is 1. The molecule has 0 aliphatic carbocycles. The molecule has 136 valence electrons. The van der Waals surface area contributed by atoms with E-state index in [0.717, 1.165) is 29.6 Å². The third kappa shape index (κ3) is 4.55. The van der Waals surface area contributed by atoms with Gasteiger partial charge in [0, 0.05) is 19.0 Å². The van der Waals surface area contributed by atoms with Crippen LogP contribution in [0, 0.1) is 0 Å². The molecular weight excluding hydrogens is 350 g/mol. The molecule has 0 fully saturated rings. The number of guanidine groups is 1. The number of anilines is 1. The van der Waals surface area contributed by atoms with Gasteiger partial charge in [0.15, 0.2) is 5.96 Å². The average Bonchev–Trinajstić information content (AvgIpc) is 3.08. The van der Waals surface area contributed by atoms with Crippen molar-refractivity contribution >= 4 is 40.9 Å². The lowest BCUT2D eigenvalue weighted by Crippen LogP contribution is -2.36. The number of aromatic nitrogens is 1. The van der Waals surface area contributed by atoms with Crippen LogP contribution >= 0.6 is 12.4 Å². The molecule has 0 saturated heterocycles. The van der Waals surface area contributed by atoms with Crippen LogP contribution in [0.4, 0.5) is 5.69 Å². The van der Waals surface area contributed by atoms with Crippen LogP contribution in [0.3, 0.4) is 0 Å². The van der Waals surface area contributed by atoms with Gasteiger partial charge in [-0.15, -0.1) is 12.4 Å². The lowest BCUT2D eigenvalue weighted by atomic mass is 10.1. The molecule has 0 atom stereocenters. The van der Waals surface area contributed by atoms with Crippen molar-refractivity contribution in [3.05, 3.63) is 65.9 Å². The number of carbonyl (C=O) groups excluding carboxylic acids is 1. The zero-order valence-electron chi connectivity index (χ0n) is 14.5. The third-order valence-corrected chi connectivity index (χ3v) is 3.96. The fourth-order valence-electron chi connectivity index (χ4n) is 2.65. The van der Waals surface area contributed by atoms with E-state index in [1.54, 1.807) is 6.07 Å². The molecule has 0 bridgehead atoms. The number of hydrogen-bond acceptors (Lipinski definition) is 3. The number of amides is 1. The molecule has 2 aromatic carbocycles. The van der Waals surface area contributed by atoms with E-state index in [9.17, 15) is 4.79 Å². The van der Waals surface area contributed by atoms with Crippen molar-refractivity contribution in [2.75, 3.05) is 18.9 Å². The van der Waals surface area contributed by atoms with Crippen molar-refractivity contribution in [3.63, 3.8) is 0 Å². The predicted octanol–water partition coefficient (Wildman–Crippen LogP) is 2.92. The van der Waals surface area contributed by atoms with Crippen LogP contribution in [0.2, 0.25) is 0 Å². The first-order valence-corrected chi connectivity index (χ1v) is 8.10. The minimum absolute atomic E-state index is 0. The van der Waals surface area contributed by atoms with Gasteiger partial charge in [0.1, 0.15) is 5.69 Å². The maximum absolute atomic E-state index is 12.2. The molecule has 0 unspecified atom stereocenters. The number of carbonyl (C=O) groups is 1. The maximum atomic E-state index is 12.2. The molecule has 0 spiro atoms. The first kappa shape index (κ1) is 19.3. The molecule has 26 heavy (non-hydrogen) atoms. The Hall–Kier alpha value is -2.99. The van der Waals surface area contributed by atoms with Crippen molar-refractivity contribution in [3.8, 4) is 0 Å². The summed E-state index contributed by atoms with van der Waals surface area (Å²) in [4.78, 5) is 19.1. The van der Waals surface area contributed by atoms with E-state index in [2.05, 4.69) is 32.7 Å². The van der Waals surface area contributed by atoms with E-state index < -0.39 is 0 Å². The van der Waals surface area contributed by atoms with Crippen molar-refractivity contribution in [2.24, 2.45) is 10.7 Å². The lowest BCUT2D eigenvalue weighted by molar-refractivity contribution is 0.0972. The number of aliphatic imine (C=N–C) groups is 1. The number of benzene rings is 2. The van der Waals surface area contributed by atoms with Crippen LogP contribution in [0.15, 0.2) is 59.6 Å². The Morgan fingerprint density at radius 3 is 2.65 bits per heavy atom. The molecule has 3 rings (SSSR count). The Kier molecular flexibility index (Phi) is 6.63. The van der Waals surface area contributed by atoms with E-state index in [-0.39, 0.29) is 24.3 Å². The molecule has 0 aliphatic heterocycles. The van der Waals surface area contributed by atoms with Gasteiger partial charge in [-0.3, -0.25) is 15.1 Å². The number of para-hydroxylation sites is 1. The predicted molar refractivity (Wildman–Crippen MR) is 109 cm³/mol. The van der Waals surface area contributed by atoms with Gasteiger partial charge in [-0.05, 0) is 24.1 Å².